The van der Waals surface area contributed by atoms with Gasteiger partial charge in [0, 0.05) is 17.8 Å². The number of H-pyrrole nitrogens is 1. The van der Waals surface area contributed by atoms with Crippen molar-refractivity contribution in [3.05, 3.63) is 68.7 Å². The van der Waals surface area contributed by atoms with Gasteiger partial charge in [-0.3, -0.25) is 19.6 Å². The fourth-order valence-corrected chi connectivity index (χ4v) is 2.91. The van der Waals surface area contributed by atoms with Gasteiger partial charge in [-0.1, -0.05) is 6.08 Å². The molecule has 0 saturated carbocycles. The largest absolute Gasteiger partial charge is 0.418 e. The maximum atomic E-state index is 13.4. The van der Waals surface area contributed by atoms with Gasteiger partial charge < -0.3 is 10.3 Å². The number of nitrogens with zero attached hydrogens (tertiary/aromatic N) is 2. The van der Waals surface area contributed by atoms with E-state index in [1.165, 1.54) is 24.5 Å². The molecule has 1 aliphatic rings. The lowest BCUT2D eigenvalue weighted by molar-refractivity contribution is -0.137. The third-order valence-corrected chi connectivity index (χ3v) is 4.22. The summed E-state index contributed by atoms with van der Waals surface area (Å²) in [5.41, 5.74) is -1.92. The third kappa shape index (κ3) is 2.97. The van der Waals surface area contributed by atoms with E-state index < -0.39 is 28.8 Å². The second-order valence-corrected chi connectivity index (χ2v) is 5.91. The highest BCUT2D eigenvalue weighted by Crippen LogP contribution is 2.33. The minimum absolute atomic E-state index is 0.215. The van der Waals surface area contributed by atoms with Crippen molar-refractivity contribution in [2.45, 2.75) is 6.18 Å². The van der Waals surface area contributed by atoms with E-state index >= 15 is 0 Å². The number of aromatic nitrogens is 2. The number of rotatable bonds is 2. The van der Waals surface area contributed by atoms with Crippen LogP contribution in [0.15, 0.2) is 46.6 Å². The van der Waals surface area contributed by atoms with Gasteiger partial charge in [-0.25, -0.2) is 0 Å². The molecule has 27 heavy (non-hydrogen) atoms. The molecule has 2 aromatic heterocycles. The monoisotopic (exact) mass is 372 g/mol. The van der Waals surface area contributed by atoms with Crippen molar-refractivity contribution in [3.63, 3.8) is 0 Å². The summed E-state index contributed by atoms with van der Waals surface area (Å²) >= 11 is 0. The van der Waals surface area contributed by atoms with Crippen LogP contribution in [0.4, 0.5) is 18.9 Å². The fraction of sp³-hybridized carbons (Fsp3) is 0.111. The van der Waals surface area contributed by atoms with E-state index in [1.807, 2.05) is 0 Å². The molecule has 0 unspecified atom stereocenters. The average Bonchev–Trinajstić information content (AvgIpc) is 3.08. The molecule has 0 bridgehead atoms. The molecule has 1 aromatic carbocycles. The number of carbonyl (C=O) groups is 1. The Bertz CT molecular complexity index is 1260. The summed E-state index contributed by atoms with van der Waals surface area (Å²) in [6.45, 7) is 0.280. The number of anilines is 1. The van der Waals surface area contributed by atoms with Gasteiger partial charge in [0.15, 0.2) is 0 Å². The van der Waals surface area contributed by atoms with E-state index in [-0.39, 0.29) is 17.5 Å². The number of benzene rings is 1. The smallest absolute Gasteiger partial charge is 0.359 e. The topological polar surface area (TPSA) is 87.2 Å². The van der Waals surface area contributed by atoms with Gasteiger partial charge in [-0.2, -0.15) is 13.2 Å². The van der Waals surface area contributed by atoms with Crippen molar-refractivity contribution in [2.75, 3.05) is 11.9 Å². The van der Waals surface area contributed by atoms with Gasteiger partial charge in [-0.05, 0) is 23.4 Å². The average molecular weight is 372 g/mol. The van der Waals surface area contributed by atoms with Crippen LogP contribution in [-0.2, 0) is 6.18 Å². The number of fused-ring (bicyclic) bond motifs is 2. The maximum absolute atomic E-state index is 13.4. The third-order valence-electron chi connectivity index (χ3n) is 4.22. The number of hydrogen-bond donors (Lipinski definition) is 2. The summed E-state index contributed by atoms with van der Waals surface area (Å²) in [6, 6.07) is 3.53. The van der Waals surface area contributed by atoms with Gasteiger partial charge in [0.1, 0.15) is 5.56 Å². The highest BCUT2D eigenvalue weighted by molar-refractivity contribution is 6.06. The predicted octanol–water partition coefficient (Wildman–Crippen LogP) is 1.61. The molecule has 4 rings (SSSR count). The van der Waals surface area contributed by atoms with Crippen LogP contribution in [0.5, 0.6) is 0 Å². The number of pyridine rings is 2. The number of carbonyl (C=O) groups excluding carboxylic acids is 1. The van der Waals surface area contributed by atoms with Crippen LogP contribution in [0, 0.1) is 0 Å². The quantitative estimate of drug-likeness (QED) is 0.717. The Morgan fingerprint density at radius 3 is 2.85 bits per heavy atom. The van der Waals surface area contributed by atoms with Gasteiger partial charge in [-0.15, -0.1) is 0 Å². The van der Waals surface area contributed by atoms with E-state index in [1.54, 1.807) is 6.08 Å². The number of halogens is 3. The molecule has 3 aromatic rings. The molecular formula is C18H11F3N4O2. The Morgan fingerprint density at radius 1 is 1.26 bits per heavy atom. The van der Waals surface area contributed by atoms with Crippen LogP contribution in [0.1, 0.15) is 15.9 Å². The summed E-state index contributed by atoms with van der Waals surface area (Å²) in [5.74, 6) is -0.942. The number of amides is 1. The highest BCUT2D eigenvalue weighted by atomic mass is 19.4. The first-order chi connectivity index (χ1) is 12.8. The molecule has 1 amide bonds. The van der Waals surface area contributed by atoms with E-state index in [0.717, 1.165) is 12.3 Å². The Hall–Kier alpha value is -3.49. The first kappa shape index (κ1) is 17.0. The molecule has 0 saturated heterocycles. The van der Waals surface area contributed by atoms with Crippen molar-refractivity contribution in [3.8, 4) is 0 Å². The SMILES string of the molecule is O=C(Nc1cc2c(cc1C(F)(F)F)=CCN=2)c1c[nH]c2cnccc2c1=O. The minimum atomic E-state index is -4.67. The van der Waals surface area contributed by atoms with E-state index in [9.17, 15) is 22.8 Å². The van der Waals surface area contributed by atoms with Crippen molar-refractivity contribution in [1.82, 2.24) is 9.97 Å². The lowest BCUT2D eigenvalue weighted by Crippen LogP contribution is -2.29. The molecule has 2 N–H and O–H groups in total. The fourth-order valence-electron chi connectivity index (χ4n) is 2.91. The van der Waals surface area contributed by atoms with Crippen LogP contribution >= 0.6 is 0 Å². The zero-order valence-electron chi connectivity index (χ0n) is 13.6. The zero-order chi connectivity index (χ0) is 19.2. The Balaban J connectivity index is 1.80. The van der Waals surface area contributed by atoms with Gasteiger partial charge in [0.2, 0.25) is 5.43 Å². The molecule has 0 spiro atoms. The summed E-state index contributed by atoms with van der Waals surface area (Å²) in [7, 11) is 0. The molecule has 136 valence electrons. The van der Waals surface area contributed by atoms with E-state index in [0.29, 0.717) is 16.1 Å². The normalized spacial score (nSPS) is 13.0. The zero-order valence-corrected chi connectivity index (χ0v) is 13.6. The summed E-state index contributed by atoms with van der Waals surface area (Å²) in [5, 5.41) is 3.13. The van der Waals surface area contributed by atoms with Crippen LogP contribution in [0.2, 0.25) is 0 Å². The van der Waals surface area contributed by atoms with Crippen LogP contribution < -0.4 is 21.3 Å². The summed E-state index contributed by atoms with van der Waals surface area (Å²) in [4.78, 5) is 35.7. The van der Waals surface area contributed by atoms with Crippen LogP contribution in [-0.4, -0.2) is 22.4 Å². The number of alkyl halides is 3. The predicted molar refractivity (Wildman–Crippen MR) is 91.9 cm³/mol. The lowest BCUT2D eigenvalue weighted by atomic mass is 10.1. The van der Waals surface area contributed by atoms with E-state index in [2.05, 4.69) is 20.3 Å². The number of hydrogen-bond acceptors (Lipinski definition) is 4. The van der Waals surface area contributed by atoms with Gasteiger partial charge >= 0.3 is 6.18 Å². The van der Waals surface area contributed by atoms with E-state index in [4.69, 9.17) is 0 Å². The number of nitrogens with one attached hydrogen (secondary N) is 2. The standard InChI is InChI=1S/C18H11F3N4O2/c19-18(20,21)12-5-9-1-4-23-13(9)6-14(12)25-17(27)11-7-24-15-8-22-3-2-10(15)16(11)26/h1-3,5-8H,4H2,(H,24,26)(H,25,27). The first-order valence-corrected chi connectivity index (χ1v) is 7.87. The summed E-state index contributed by atoms with van der Waals surface area (Å²) in [6.07, 6.45) is 0.854. The van der Waals surface area contributed by atoms with Crippen molar-refractivity contribution >= 4 is 28.6 Å². The molecule has 0 aliphatic carbocycles. The Kier molecular flexibility index (Phi) is 3.79. The lowest BCUT2D eigenvalue weighted by Gasteiger charge is -2.13. The molecule has 3 heterocycles. The maximum Gasteiger partial charge on any atom is 0.418 e. The Morgan fingerprint density at radius 2 is 2.07 bits per heavy atom. The molecular weight excluding hydrogens is 361 g/mol. The van der Waals surface area contributed by atoms with Crippen molar-refractivity contribution in [1.29, 1.82) is 0 Å². The van der Waals surface area contributed by atoms with Crippen LogP contribution in [0.3, 0.4) is 0 Å². The second-order valence-electron chi connectivity index (χ2n) is 5.91. The molecule has 6 nitrogen and oxygen atoms in total. The molecule has 0 atom stereocenters. The van der Waals surface area contributed by atoms with Crippen LogP contribution in [0.25, 0.3) is 17.0 Å². The van der Waals surface area contributed by atoms with Gasteiger partial charge in [0.05, 0.1) is 34.9 Å². The second kappa shape index (κ2) is 6.04. The molecule has 9 heteroatoms. The number of aromatic amines is 1. The highest BCUT2D eigenvalue weighted by Gasteiger charge is 2.34. The summed E-state index contributed by atoms with van der Waals surface area (Å²) < 4.78 is 40.2. The van der Waals surface area contributed by atoms with Gasteiger partial charge in [0.25, 0.3) is 5.91 Å². The van der Waals surface area contributed by atoms with Crippen molar-refractivity contribution in [2.24, 2.45) is 4.99 Å². The molecule has 1 aliphatic heterocycles. The molecule has 0 fully saturated rings. The molecule has 0 radical (unpaired) electrons. The van der Waals surface area contributed by atoms with Crippen molar-refractivity contribution < 1.29 is 18.0 Å². The minimum Gasteiger partial charge on any atom is -0.359 e. The first-order valence-electron chi connectivity index (χ1n) is 7.87. The Labute approximate surface area is 149 Å².